The number of hydrogen-bond donors (Lipinski definition) is 2. The highest BCUT2D eigenvalue weighted by Crippen LogP contribution is 2.33. The highest BCUT2D eigenvalue weighted by molar-refractivity contribution is 6.32. The van der Waals surface area contributed by atoms with Crippen LogP contribution in [0.3, 0.4) is 0 Å². The molecular formula is C17H20ClF3N4O. The third kappa shape index (κ3) is 5.14. The molecule has 0 radical (unpaired) electrons. The van der Waals surface area contributed by atoms with Gasteiger partial charge in [-0.2, -0.15) is 18.2 Å². The lowest BCUT2D eigenvalue weighted by atomic mass is 9.93. The van der Waals surface area contributed by atoms with Crippen molar-refractivity contribution < 1.29 is 17.9 Å². The quantitative estimate of drug-likeness (QED) is 0.766. The Morgan fingerprint density at radius 2 is 1.96 bits per heavy atom. The summed E-state index contributed by atoms with van der Waals surface area (Å²) >= 11 is 6.22. The molecule has 0 aliphatic heterocycles. The molecule has 1 aromatic heterocycles. The zero-order valence-corrected chi connectivity index (χ0v) is 15.4. The molecule has 0 aliphatic carbocycles. The van der Waals surface area contributed by atoms with Crippen LogP contribution in [0.5, 0.6) is 5.75 Å². The van der Waals surface area contributed by atoms with Crippen molar-refractivity contribution in [3.63, 3.8) is 0 Å². The molecule has 2 aromatic rings. The largest absolute Gasteiger partial charge is 0.495 e. The van der Waals surface area contributed by atoms with E-state index in [1.165, 1.54) is 6.20 Å². The Kier molecular flexibility index (Phi) is 6.17. The molecule has 142 valence electrons. The third-order valence-corrected chi connectivity index (χ3v) is 4.06. The molecule has 3 N–H and O–H groups in total. The molecule has 0 saturated heterocycles. The van der Waals surface area contributed by atoms with Gasteiger partial charge in [-0.25, -0.2) is 4.98 Å². The van der Waals surface area contributed by atoms with E-state index in [2.05, 4.69) is 15.3 Å². The number of nitrogen functional groups attached to an aromatic ring is 1. The van der Waals surface area contributed by atoms with Gasteiger partial charge in [0.05, 0.1) is 12.1 Å². The van der Waals surface area contributed by atoms with Crippen molar-refractivity contribution >= 4 is 23.4 Å². The summed E-state index contributed by atoms with van der Waals surface area (Å²) in [6, 6.07) is 3.67. The number of methoxy groups -OCH3 is 1. The van der Waals surface area contributed by atoms with Gasteiger partial charge in [0.15, 0.2) is 0 Å². The summed E-state index contributed by atoms with van der Waals surface area (Å²) in [5.41, 5.74) is 8.46. The number of alkyl halides is 3. The van der Waals surface area contributed by atoms with Crippen LogP contribution in [-0.4, -0.2) is 29.8 Å². The van der Waals surface area contributed by atoms with Crippen molar-refractivity contribution in [2.45, 2.75) is 32.4 Å². The summed E-state index contributed by atoms with van der Waals surface area (Å²) in [5, 5.41) is 2.57. The molecule has 9 heteroatoms. The Balaban J connectivity index is 2.27. The fourth-order valence-electron chi connectivity index (χ4n) is 2.48. The third-order valence-electron chi connectivity index (χ3n) is 3.76. The SMILES string of the molecule is COc1cc(C(C)C)c(Cc2cnc(NCC(F)(F)F)nc2N)cc1Cl. The van der Waals surface area contributed by atoms with Crippen LogP contribution >= 0.6 is 11.6 Å². The van der Waals surface area contributed by atoms with Crippen molar-refractivity contribution in [3.8, 4) is 5.75 Å². The van der Waals surface area contributed by atoms with E-state index in [0.29, 0.717) is 22.8 Å². The van der Waals surface area contributed by atoms with Crippen molar-refractivity contribution in [2.75, 3.05) is 24.7 Å². The number of benzene rings is 1. The van der Waals surface area contributed by atoms with Gasteiger partial charge < -0.3 is 15.8 Å². The maximum Gasteiger partial charge on any atom is 0.405 e. The lowest BCUT2D eigenvalue weighted by Crippen LogP contribution is -2.22. The first-order valence-electron chi connectivity index (χ1n) is 7.89. The van der Waals surface area contributed by atoms with E-state index < -0.39 is 12.7 Å². The van der Waals surface area contributed by atoms with E-state index in [9.17, 15) is 13.2 Å². The predicted molar refractivity (Wildman–Crippen MR) is 95.9 cm³/mol. The number of rotatable bonds is 6. The van der Waals surface area contributed by atoms with Crippen LogP contribution in [0.1, 0.15) is 36.5 Å². The van der Waals surface area contributed by atoms with Gasteiger partial charge in [0.2, 0.25) is 5.95 Å². The minimum Gasteiger partial charge on any atom is -0.495 e. The standard InChI is InChI=1S/C17H20ClF3N4O/c1-9(2)12-6-14(26-3)13(18)5-10(12)4-11-7-23-16(25-15(11)22)24-8-17(19,20)21/h5-7,9H,4,8H2,1-3H3,(H3,22,23,24,25). The van der Waals surface area contributed by atoms with Crippen molar-refractivity contribution in [1.82, 2.24) is 9.97 Å². The van der Waals surface area contributed by atoms with E-state index in [-0.39, 0.29) is 17.7 Å². The van der Waals surface area contributed by atoms with Gasteiger partial charge >= 0.3 is 6.18 Å². The highest BCUT2D eigenvalue weighted by atomic mass is 35.5. The van der Waals surface area contributed by atoms with E-state index in [4.69, 9.17) is 22.1 Å². The number of halogens is 4. The fraction of sp³-hybridized carbons (Fsp3) is 0.412. The van der Waals surface area contributed by atoms with Gasteiger partial charge in [-0.3, -0.25) is 0 Å². The van der Waals surface area contributed by atoms with Crippen LogP contribution in [0.15, 0.2) is 18.3 Å². The topological polar surface area (TPSA) is 73.1 Å². The molecule has 0 aliphatic rings. The van der Waals surface area contributed by atoms with Gasteiger partial charge in [-0.1, -0.05) is 25.4 Å². The number of aromatic nitrogens is 2. The summed E-state index contributed by atoms with van der Waals surface area (Å²) in [5.74, 6) is 0.743. The number of hydrogen-bond acceptors (Lipinski definition) is 5. The second-order valence-corrected chi connectivity index (χ2v) is 6.50. The predicted octanol–water partition coefficient (Wildman–Crippen LogP) is 4.41. The summed E-state index contributed by atoms with van der Waals surface area (Å²) < 4.78 is 42.0. The minimum absolute atomic E-state index is 0.117. The zero-order valence-electron chi connectivity index (χ0n) is 14.6. The summed E-state index contributed by atoms with van der Waals surface area (Å²) in [7, 11) is 1.55. The van der Waals surface area contributed by atoms with Crippen LogP contribution in [0, 0.1) is 0 Å². The Labute approximate surface area is 154 Å². The van der Waals surface area contributed by atoms with Gasteiger partial charge in [-0.05, 0) is 29.2 Å². The maximum absolute atomic E-state index is 12.3. The van der Waals surface area contributed by atoms with Crippen molar-refractivity contribution in [1.29, 1.82) is 0 Å². The molecule has 0 amide bonds. The van der Waals surface area contributed by atoms with Crippen LogP contribution in [0.4, 0.5) is 24.9 Å². The summed E-state index contributed by atoms with van der Waals surface area (Å²) in [6.45, 7) is 2.85. The first-order valence-corrected chi connectivity index (χ1v) is 8.26. The lowest BCUT2D eigenvalue weighted by molar-refractivity contribution is -0.115. The van der Waals surface area contributed by atoms with Crippen LogP contribution < -0.4 is 15.8 Å². The fourth-order valence-corrected chi connectivity index (χ4v) is 2.75. The van der Waals surface area contributed by atoms with E-state index in [1.807, 2.05) is 19.9 Å². The Hall–Kier alpha value is -2.22. The first-order chi connectivity index (χ1) is 12.1. The van der Waals surface area contributed by atoms with Crippen LogP contribution in [-0.2, 0) is 6.42 Å². The molecule has 26 heavy (non-hydrogen) atoms. The summed E-state index contributed by atoms with van der Waals surface area (Å²) in [4.78, 5) is 7.81. The maximum atomic E-state index is 12.3. The van der Waals surface area contributed by atoms with Crippen molar-refractivity contribution in [2.24, 2.45) is 0 Å². The van der Waals surface area contributed by atoms with Gasteiger partial charge in [0.1, 0.15) is 18.1 Å². The molecule has 2 rings (SSSR count). The number of anilines is 2. The highest BCUT2D eigenvalue weighted by Gasteiger charge is 2.27. The molecule has 5 nitrogen and oxygen atoms in total. The molecule has 0 fully saturated rings. The second kappa shape index (κ2) is 7.99. The Morgan fingerprint density at radius 3 is 2.50 bits per heavy atom. The molecule has 0 unspecified atom stereocenters. The molecule has 0 spiro atoms. The average molecular weight is 389 g/mol. The van der Waals surface area contributed by atoms with Crippen LogP contribution in [0.25, 0.3) is 0 Å². The second-order valence-electron chi connectivity index (χ2n) is 6.09. The molecule has 0 atom stereocenters. The molecular weight excluding hydrogens is 369 g/mol. The lowest BCUT2D eigenvalue weighted by Gasteiger charge is -2.16. The summed E-state index contributed by atoms with van der Waals surface area (Å²) in [6.07, 6.45) is -2.53. The average Bonchev–Trinajstić information content (AvgIpc) is 2.54. The van der Waals surface area contributed by atoms with E-state index in [0.717, 1.165) is 11.1 Å². The molecule has 1 aromatic carbocycles. The van der Waals surface area contributed by atoms with Crippen LogP contribution in [0.2, 0.25) is 5.02 Å². The van der Waals surface area contributed by atoms with Gasteiger partial charge in [-0.15, -0.1) is 0 Å². The number of nitrogens with two attached hydrogens (primary N) is 1. The van der Waals surface area contributed by atoms with E-state index >= 15 is 0 Å². The zero-order chi connectivity index (χ0) is 19.5. The van der Waals surface area contributed by atoms with Gasteiger partial charge in [0, 0.05) is 18.2 Å². The Morgan fingerprint density at radius 1 is 1.27 bits per heavy atom. The van der Waals surface area contributed by atoms with Gasteiger partial charge in [0.25, 0.3) is 0 Å². The number of nitrogens with one attached hydrogen (secondary N) is 1. The monoisotopic (exact) mass is 388 g/mol. The normalized spacial score (nSPS) is 11.7. The molecule has 0 saturated carbocycles. The molecule has 1 heterocycles. The Bertz CT molecular complexity index is 781. The molecule has 0 bridgehead atoms. The smallest absolute Gasteiger partial charge is 0.405 e. The number of ether oxygens (including phenoxy) is 1. The van der Waals surface area contributed by atoms with E-state index in [1.54, 1.807) is 13.2 Å². The number of nitrogens with zero attached hydrogens (tertiary/aromatic N) is 2. The first kappa shape index (κ1) is 20.1. The minimum atomic E-state index is -4.36. The van der Waals surface area contributed by atoms with Crippen molar-refractivity contribution in [3.05, 3.63) is 40.0 Å².